The van der Waals surface area contributed by atoms with Crippen molar-refractivity contribution in [2.45, 2.75) is 43.7 Å². The van der Waals surface area contributed by atoms with Crippen molar-refractivity contribution in [3.8, 4) is 5.69 Å². The van der Waals surface area contributed by atoms with Crippen molar-refractivity contribution in [3.63, 3.8) is 0 Å². The molecule has 1 aliphatic carbocycles. The predicted molar refractivity (Wildman–Crippen MR) is 105 cm³/mol. The number of carbonyl (C=O) groups is 1. The molecule has 2 atom stereocenters. The van der Waals surface area contributed by atoms with Crippen LogP contribution in [-0.2, 0) is 11.3 Å². The molecule has 1 amide bonds. The van der Waals surface area contributed by atoms with Crippen molar-refractivity contribution in [1.29, 1.82) is 0 Å². The molecular weight excluding hydrogens is 370 g/mol. The molecule has 0 unspecified atom stereocenters. The summed E-state index contributed by atoms with van der Waals surface area (Å²) in [6, 6.07) is 4.03. The Morgan fingerprint density at radius 2 is 2.17 bits per heavy atom. The highest BCUT2D eigenvalue weighted by Gasteiger charge is 2.62. The van der Waals surface area contributed by atoms with Gasteiger partial charge in [-0.1, -0.05) is 0 Å². The number of aromatic nitrogens is 3. The van der Waals surface area contributed by atoms with Gasteiger partial charge in [-0.3, -0.25) is 4.79 Å². The van der Waals surface area contributed by atoms with Crippen molar-refractivity contribution in [2.24, 2.45) is 5.92 Å². The van der Waals surface area contributed by atoms with Crippen LogP contribution in [0.1, 0.15) is 53.3 Å². The monoisotopic (exact) mass is 395 g/mol. The van der Waals surface area contributed by atoms with Gasteiger partial charge >= 0.3 is 0 Å². The molecule has 3 aliphatic heterocycles. The molecule has 1 saturated carbocycles. The molecule has 8 heteroatoms. The van der Waals surface area contributed by atoms with Crippen LogP contribution in [0.4, 0.5) is 5.82 Å². The number of fused-ring (bicyclic) bond motifs is 2. The van der Waals surface area contributed by atoms with Gasteiger partial charge in [0.15, 0.2) is 0 Å². The largest absolute Gasteiger partial charge is 0.394 e. The number of anilines is 1. The van der Waals surface area contributed by atoms with Crippen LogP contribution in [0, 0.1) is 5.92 Å². The summed E-state index contributed by atoms with van der Waals surface area (Å²) in [5.74, 6) is 1.69. The van der Waals surface area contributed by atoms with Crippen LogP contribution in [0.15, 0.2) is 18.3 Å². The Balaban J connectivity index is 1.42. The van der Waals surface area contributed by atoms with Crippen molar-refractivity contribution in [1.82, 2.24) is 20.1 Å². The van der Waals surface area contributed by atoms with Gasteiger partial charge in [-0.15, -0.1) is 0 Å². The summed E-state index contributed by atoms with van der Waals surface area (Å²) >= 11 is 0. The summed E-state index contributed by atoms with van der Waals surface area (Å²) in [6.45, 7) is 3.03. The first-order chi connectivity index (χ1) is 14.2. The summed E-state index contributed by atoms with van der Waals surface area (Å²) in [5, 5.41) is 17.7. The zero-order valence-electron chi connectivity index (χ0n) is 16.3. The third-order valence-corrected chi connectivity index (χ3v) is 7.19. The van der Waals surface area contributed by atoms with Gasteiger partial charge in [0, 0.05) is 37.9 Å². The van der Waals surface area contributed by atoms with E-state index in [1.54, 1.807) is 0 Å². The average molecular weight is 395 g/mol. The zero-order valence-corrected chi connectivity index (χ0v) is 16.3. The van der Waals surface area contributed by atoms with Crippen LogP contribution in [0.5, 0.6) is 0 Å². The standard InChI is InChI=1S/C21H25N5O3/c27-12-21-10-14(21)1-5-25(21)18-9-17(19-16(23-18)11-22-20(19)28)26-6-2-15(24-26)13-3-7-29-8-4-13/h2,6,9,13-14,27H,1,3-5,7-8,10-12H2,(H,22,28)/t14-,21-/m0/s1. The van der Waals surface area contributed by atoms with Crippen LogP contribution in [0.3, 0.4) is 0 Å². The van der Waals surface area contributed by atoms with Gasteiger partial charge in [-0.25, -0.2) is 9.67 Å². The second-order valence-electron chi connectivity index (χ2n) is 8.68. The Morgan fingerprint density at radius 3 is 2.97 bits per heavy atom. The Bertz CT molecular complexity index is 979. The molecule has 2 aromatic heterocycles. The number of amides is 1. The van der Waals surface area contributed by atoms with Gasteiger partial charge in [0.1, 0.15) is 5.82 Å². The first-order valence-electron chi connectivity index (χ1n) is 10.5. The minimum atomic E-state index is -0.161. The van der Waals surface area contributed by atoms with Crippen LogP contribution >= 0.6 is 0 Å². The molecule has 152 valence electrons. The normalized spacial score (nSPS) is 28.4. The van der Waals surface area contributed by atoms with Gasteiger partial charge in [-0.05, 0) is 37.7 Å². The number of piperidine rings is 1. The van der Waals surface area contributed by atoms with E-state index in [0.29, 0.717) is 23.9 Å². The van der Waals surface area contributed by atoms with E-state index in [1.807, 2.05) is 16.9 Å². The molecule has 0 bridgehead atoms. The lowest BCUT2D eigenvalue weighted by Crippen LogP contribution is -2.38. The fraction of sp³-hybridized carbons (Fsp3) is 0.571. The third kappa shape index (κ3) is 2.55. The lowest BCUT2D eigenvalue weighted by Gasteiger charge is -2.29. The highest BCUT2D eigenvalue weighted by Crippen LogP contribution is 2.56. The molecule has 0 aromatic carbocycles. The number of ether oxygens (including phenoxy) is 1. The number of carbonyl (C=O) groups excluding carboxylic acids is 1. The highest BCUT2D eigenvalue weighted by atomic mass is 16.5. The van der Waals surface area contributed by atoms with E-state index in [2.05, 4.69) is 16.3 Å². The van der Waals surface area contributed by atoms with Crippen molar-refractivity contribution >= 4 is 11.7 Å². The van der Waals surface area contributed by atoms with Gasteiger partial charge in [0.2, 0.25) is 0 Å². The molecule has 2 saturated heterocycles. The zero-order chi connectivity index (χ0) is 19.6. The van der Waals surface area contributed by atoms with Gasteiger partial charge in [0.05, 0.1) is 41.3 Å². The second kappa shape index (κ2) is 6.27. The Morgan fingerprint density at radius 1 is 1.31 bits per heavy atom. The third-order valence-electron chi connectivity index (χ3n) is 7.19. The van der Waals surface area contributed by atoms with Gasteiger partial charge in [0.25, 0.3) is 5.91 Å². The van der Waals surface area contributed by atoms with Crippen LogP contribution in [0.2, 0.25) is 0 Å². The highest BCUT2D eigenvalue weighted by molar-refractivity contribution is 6.01. The first-order valence-corrected chi connectivity index (χ1v) is 10.5. The number of pyridine rings is 1. The molecule has 29 heavy (non-hydrogen) atoms. The summed E-state index contributed by atoms with van der Waals surface area (Å²) < 4.78 is 7.30. The molecular formula is C21H25N5O3. The van der Waals surface area contributed by atoms with Crippen molar-refractivity contribution in [2.75, 3.05) is 31.3 Å². The lowest BCUT2D eigenvalue weighted by molar-refractivity contribution is 0.0844. The number of nitrogens with one attached hydrogen (secondary N) is 1. The summed E-state index contributed by atoms with van der Waals surface area (Å²) in [7, 11) is 0. The maximum Gasteiger partial charge on any atom is 0.255 e. The minimum absolute atomic E-state index is 0.0974. The Kier molecular flexibility index (Phi) is 3.77. The number of aliphatic hydroxyl groups excluding tert-OH is 1. The van der Waals surface area contributed by atoms with E-state index in [9.17, 15) is 9.90 Å². The average Bonchev–Trinajstić information content (AvgIpc) is 3.12. The van der Waals surface area contributed by atoms with E-state index >= 15 is 0 Å². The molecule has 8 nitrogen and oxygen atoms in total. The fourth-order valence-electron chi connectivity index (χ4n) is 5.40. The molecule has 5 heterocycles. The van der Waals surface area contributed by atoms with E-state index in [-0.39, 0.29) is 18.1 Å². The number of hydrogen-bond acceptors (Lipinski definition) is 6. The molecule has 3 fully saturated rings. The maximum absolute atomic E-state index is 12.5. The molecule has 6 rings (SSSR count). The lowest BCUT2D eigenvalue weighted by atomic mass is 9.97. The van der Waals surface area contributed by atoms with E-state index in [4.69, 9.17) is 14.8 Å². The summed E-state index contributed by atoms with van der Waals surface area (Å²) in [6.07, 6.45) is 6.00. The van der Waals surface area contributed by atoms with E-state index < -0.39 is 0 Å². The Hall–Kier alpha value is -2.45. The van der Waals surface area contributed by atoms with Gasteiger partial charge < -0.3 is 20.1 Å². The van der Waals surface area contributed by atoms with E-state index in [0.717, 1.165) is 68.3 Å². The van der Waals surface area contributed by atoms with Crippen LogP contribution < -0.4 is 10.2 Å². The number of aliphatic hydroxyl groups is 1. The number of hydrogen-bond donors (Lipinski definition) is 2. The molecule has 0 radical (unpaired) electrons. The van der Waals surface area contributed by atoms with Crippen molar-refractivity contribution < 1.29 is 14.6 Å². The smallest absolute Gasteiger partial charge is 0.255 e. The van der Waals surface area contributed by atoms with Crippen LogP contribution in [-0.4, -0.2) is 57.7 Å². The quantitative estimate of drug-likeness (QED) is 0.812. The van der Waals surface area contributed by atoms with E-state index in [1.165, 1.54) is 0 Å². The van der Waals surface area contributed by atoms with Crippen LogP contribution in [0.25, 0.3) is 5.69 Å². The SMILES string of the molecule is O=C1NCc2nc(N3CC[C@H]4C[C@]43CO)cc(-n3ccc(C4CCOCC4)n3)c21. The molecule has 0 spiro atoms. The molecule has 2 aromatic rings. The number of nitrogens with zero attached hydrogens (tertiary/aromatic N) is 4. The number of rotatable bonds is 4. The first kappa shape index (κ1) is 17.4. The van der Waals surface area contributed by atoms with Gasteiger partial charge in [-0.2, -0.15) is 5.10 Å². The topological polar surface area (TPSA) is 92.5 Å². The molecule has 4 aliphatic rings. The predicted octanol–water partition coefficient (Wildman–Crippen LogP) is 1.37. The maximum atomic E-state index is 12.5. The minimum Gasteiger partial charge on any atom is -0.394 e. The fourth-order valence-corrected chi connectivity index (χ4v) is 5.40. The van der Waals surface area contributed by atoms with Crippen molar-refractivity contribution in [3.05, 3.63) is 35.3 Å². The second-order valence-corrected chi connectivity index (χ2v) is 8.68. The molecule has 2 N–H and O–H groups in total. The summed E-state index contributed by atoms with van der Waals surface area (Å²) in [4.78, 5) is 19.6. The Labute approximate surface area is 168 Å². The summed E-state index contributed by atoms with van der Waals surface area (Å²) in [5.41, 5.74) is 3.04.